The van der Waals surface area contributed by atoms with Crippen molar-refractivity contribution >= 4 is 23.7 Å². The first kappa shape index (κ1) is 20.0. The van der Waals surface area contributed by atoms with Crippen molar-refractivity contribution in [3.63, 3.8) is 0 Å². The van der Waals surface area contributed by atoms with E-state index in [1.807, 2.05) is 30.3 Å². The van der Waals surface area contributed by atoms with Gasteiger partial charge in [0.25, 0.3) is 17.7 Å². The Hall–Kier alpha value is -4.26. The van der Waals surface area contributed by atoms with E-state index in [1.165, 1.54) is 18.2 Å². The molecule has 3 aromatic rings. The Bertz CT molecular complexity index is 1180. The lowest BCUT2D eigenvalue weighted by Gasteiger charge is -2.15. The van der Waals surface area contributed by atoms with Crippen molar-refractivity contribution in [3.8, 4) is 0 Å². The third kappa shape index (κ3) is 3.93. The number of ether oxygens (including phenoxy) is 1. The lowest BCUT2D eigenvalue weighted by molar-refractivity contribution is -0.127. The number of esters is 1. The molecule has 7 nitrogen and oxygen atoms in total. The molecule has 0 aliphatic carbocycles. The Labute approximate surface area is 178 Å². The van der Waals surface area contributed by atoms with Crippen LogP contribution in [0.25, 0.3) is 0 Å². The molecule has 1 heterocycles. The van der Waals surface area contributed by atoms with Crippen molar-refractivity contribution in [1.29, 1.82) is 0 Å². The Kier molecular flexibility index (Phi) is 5.32. The molecule has 0 unspecified atom stereocenters. The van der Waals surface area contributed by atoms with E-state index in [2.05, 4.69) is 0 Å². The van der Waals surface area contributed by atoms with Gasteiger partial charge in [-0.3, -0.25) is 19.3 Å². The van der Waals surface area contributed by atoms with Crippen LogP contribution in [0.5, 0.6) is 0 Å². The summed E-state index contributed by atoms with van der Waals surface area (Å²) in [6.45, 7) is 0.130. The van der Waals surface area contributed by atoms with E-state index in [0.29, 0.717) is 5.56 Å². The molecular weight excluding hydrogens is 396 g/mol. The molecule has 4 rings (SSSR count). The van der Waals surface area contributed by atoms with E-state index in [4.69, 9.17) is 10.5 Å². The highest BCUT2D eigenvalue weighted by Crippen LogP contribution is 2.27. The molecule has 154 valence electrons. The van der Waals surface area contributed by atoms with Crippen LogP contribution in [0.2, 0.25) is 0 Å². The Morgan fingerprint density at radius 1 is 0.839 bits per heavy atom. The van der Waals surface area contributed by atoms with Crippen molar-refractivity contribution in [3.05, 3.63) is 107 Å². The smallest absolute Gasteiger partial charge is 0.339 e. The minimum Gasteiger partial charge on any atom is -0.444 e. The SMILES string of the molecule is NC(=O)[C@@H](OC(=O)c1ccc2c(c1)C(=O)N(Cc1ccccc1)C2=O)c1ccccc1. The van der Waals surface area contributed by atoms with Crippen LogP contribution in [0.15, 0.2) is 78.9 Å². The van der Waals surface area contributed by atoms with Gasteiger partial charge in [0.05, 0.1) is 23.2 Å². The molecule has 3 amide bonds. The summed E-state index contributed by atoms with van der Waals surface area (Å²) in [5, 5.41) is 0. The summed E-state index contributed by atoms with van der Waals surface area (Å²) in [5.41, 5.74) is 7.02. The van der Waals surface area contributed by atoms with Crippen LogP contribution in [0.4, 0.5) is 0 Å². The monoisotopic (exact) mass is 414 g/mol. The fourth-order valence-electron chi connectivity index (χ4n) is 3.42. The molecular formula is C24H18N2O5. The van der Waals surface area contributed by atoms with Crippen LogP contribution in [0.3, 0.4) is 0 Å². The number of carbonyl (C=O) groups is 4. The molecule has 0 bridgehead atoms. The van der Waals surface area contributed by atoms with Gasteiger partial charge in [-0.05, 0) is 23.8 Å². The topological polar surface area (TPSA) is 107 Å². The minimum absolute atomic E-state index is 0.0450. The zero-order chi connectivity index (χ0) is 22.0. The predicted octanol–water partition coefficient (Wildman–Crippen LogP) is 2.87. The van der Waals surface area contributed by atoms with Crippen LogP contribution in [0, 0.1) is 0 Å². The average Bonchev–Trinajstić information content (AvgIpc) is 3.02. The number of rotatable bonds is 6. The van der Waals surface area contributed by atoms with E-state index >= 15 is 0 Å². The first-order chi connectivity index (χ1) is 15.0. The zero-order valence-electron chi connectivity index (χ0n) is 16.4. The third-order valence-electron chi connectivity index (χ3n) is 4.98. The van der Waals surface area contributed by atoms with Crippen molar-refractivity contribution in [1.82, 2.24) is 4.90 Å². The fraction of sp³-hybridized carbons (Fsp3) is 0.0833. The van der Waals surface area contributed by atoms with E-state index in [0.717, 1.165) is 10.5 Å². The zero-order valence-corrected chi connectivity index (χ0v) is 16.4. The summed E-state index contributed by atoms with van der Waals surface area (Å²) in [7, 11) is 0. The summed E-state index contributed by atoms with van der Waals surface area (Å²) in [4.78, 5) is 51.1. The lowest BCUT2D eigenvalue weighted by atomic mass is 10.1. The van der Waals surface area contributed by atoms with Gasteiger partial charge in [0, 0.05) is 5.56 Å². The van der Waals surface area contributed by atoms with Gasteiger partial charge in [0.1, 0.15) is 0 Å². The van der Waals surface area contributed by atoms with Gasteiger partial charge in [-0.2, -0.15) is 0 Å². The molecule has 2 N–H and O–H groups in total. The van der Waals surface area contributed by atoms with E-state index < -0.39 is 29.8 Å². The van der Waals surface area contributed by atoms with Gasteiger partial charge >= 0.3 is 5.97 Å². The number of fused-ring (bicyclic) bond motifs is 1. The maximum absolute atomic E-state index is 12.8. The fourth-order valence-corrected chi connectivity index (χ4v) is 3.42. The van der Waals surface area contributed by atoms with Gasteiger partial charge in [-0.15, -0.1) is 0 Å². The number of benzene rings is 3. The second-order valence-electron chi connectivity index (χ2n) is 7.04. The second-order valence-corrected chi connectivity index (χ2v) is 7.04. The number of carbonyl (C=O) groups excluding carboxylic acids is 4. The molecule has 31 heavy (non-hydrogen) atoms. The summed E-state index contributed by atoms with van der Waals surface area (Å²) in [5.74, 6) is -2.56. The molecule has 0 spiro atoms. The van der Waals surface area contributed by atoms with Crippen molar-refractivity contribution in [2.24, 2.45) is 5.73 Å². The summed E-state index contributed by atoms with van der Waals surface area (Å²) in [6, 6.07) is 21.6. The minimum atomic E-state index is -1.27. The van der Waals surface area contributed by atoms with E-state index in [1.54, 1.807) is 30.3 Å². The molecule has 3 aromatic carbocycles. The number of nitrogens with zero attached hydrogens (tertiary/aromatic N) is 1. The van der Waals surface area contributed by atoms with Crippen LogP contribution < -0.4 is 5.73 Å². The van der Waals surface area contributed by atoms with Gasteiger partial charge < -0.3 is 10.5 Å². The lowest BCUT2D eigenvalue weighted by Crippen LogP contribution is -2.29. The first-order valence-corrected chi connectivity index (χ1v) is 9.55. The molecule has 0 saturated carbocycles. The maximum Gasteiger partial charge on any atom is 0.339 e. The molecule has 0 aromatic heterocycles. The number of nitrogens with two attached hydrogens (primary N) is 1. The summed E-state index contributed by atoms with van der Waals surface area (Å²) >= 11 is 0. The molecule has 1 aliphatic rings. The highest BCUT2D eigenvalue weighted by molar-refractivity contribution is 6.21. The molecule has 7 heteroatoms. The van der Waals surface area contributed by atoms with Crippen LogP contribution in [-0.2, 0) is 16.1 Å². The third-order valence-corrected chi connectivity index (χ3v) is 4.98. The average molecular weight is 414 g/mol. The van der Waals surface area contributed by atoms with Gasteiger partial charge in [-0.1, -0.05) is 60.7 Å². The van der Waals surface area contributed by atoms with Gasteiger partial charge in [0.15, 0.2) is 0 Å². The molecule has 0 fully saturated rings. The van der Waals surface area contributed by atoms with E-state index in [9.17, 15) is 19.2 Å². The normalized spacial score (nSPS) is 13.6. The molecule has 1 aliphatic heterocycles. The molecule has 0 saturated heterocycles. The number of hydrogen-bond donors (Lipinski definition) is 1. The number of imide groups is 1. The van der Waals surface area contributed by atoms with Crippen LogP contribution in [-0.4, -0.2) is 28.6 Å². The highest BCUT2D eigenvalue weighted by atomic mass is 16.5. The number of amides is 3. The van der Waals surface area contributed by atoms with E-state index in [-0.39, 0.29) is 23.2 Å². The Balaban J connectivity index is 1.56. The van der Waals surface area contributed by atoms with Crippen molar-refractivity contribution in [2.75, 3.05) is 0 Å². The second kappa shape index (κ2) is 8.23. The highest BCUT2D eigenvalue weighted by Gasteiger charge is 2.36. The van der Waals surface area contributed by atoms with Gasteiger partial charge in [0.2, 0.25) is 6.10 Å². The molecule has 0 radical (unpaired) electrons. The number of hydrogen-bond acceptors (Lipinski definition) is 5. The first-order valence-electron chi connectivity index (χ1n) is 9.55. The van der Waals surface area contributed by atoms with Crippen molar-refractivity contribution < 1.29 is 23.9 Å². The van der Waals surface area contributed by atoms with Crippen LogP contribution >= 0.6 is 0 Å². The Morgan fingerprint density at radius 3 is 2.10 bits per heavy atom. The van der Waals surface area contributed by atoms with Crippen LogP contribution in [0.1, 0.15) is 48.3 Å². The summed E-state index contributed by atoms with van der Waals surface area (Å²) in [6.07, 6.45) is -1.27. The van der Waals surface area contributed by atoms with Gasteiger partial charge in [-0.25, -0.2) is 4.79 Å². The largest absolute Gasteiger partial charge is 0.444 e. The molecule has 1 atom stereocenters. The maximum atomic E-state index is 12.8. The number of primary amides is 1. The standard InChI is InChI=1S/C24H18N2O5/c25-21(27)20(16-9-5-2-6-10-16)31-24(30)17-11-12-18-19(13-17)23(29)26(22(18)28)14-15-7-3-1-4-8-15/h1-13,20H,14H2,(H2,25,27)/t20-/m0/s1. The predicted molar refractivity (Wildman–Crippen MR) is 111 cm³/mol. The van der Waals surface area contributed by atoms with Crippen molar-refractivity contribution in [2.45, 2.75) is 12.6 Å². The summed E-state index contributed by atoms with van der Waals surface area (Å²) < 4.78 is 5.31. The quantitative estimate of drug-likeness (QED) is 0.493. The Morgan fingerprint density at radius 2 is 1.45 bits per heavy atom.